The average Bonchev–Trinajstić information content (AvgIpc) is 3.25. The van der Waals surface area contributed by atoms with E-state index < -0.39 is 0 Å². The van der Waals surface area contributed by atoms with Crippen molar-refractivity contribution in [2.45, 2.75) is 31.0 Å². The highest BCUT2D eigenvalue weighted by Crippen LogP contribution is 2.21. The van der Waals surface area contributed by atoms with Crippen LogP contribution in [0.1, 0.15) is 18.4 Å². The molecule has 0 radical (unpaired) electrons. The fraction of sp³-hybridized carbons (Fsp3) is 0.318. The second-order valence-electron chi connectivity index (χ2n) is 7.12. The third-order valence-electron chi connectivity index (χ3n) is 4.92. The Bertz CT molecular complexity index is 1070. The second kappa shape index (κ2) is 8.80. The molecule has 150 valence electrons. The molecule has 1 atom stereocenters. The van der Waals surface area contributed by atoms with E-state index >= 15 is 0 Å². The molecule has 3 aromatic rings. The van der Waals surface area contributed by atoms with Crippen LogP contribution in [0.4, 0.5) is 0 Å². The van der Waals surface area contributed by atoms with Crippen LogP contribution < -0.4 is 10.9 Å². The number of nitrogens with one attached hydrogen (secondary N) is 1. The lowest BCUT2D eigenvalue weighted by Gasteiger charge is -2.14. The minimum atomic E-state index is -0.137. The van der Waals surface area contributed by atoms with Crippen LogP contribution in [0.5, 0.6) is 0 Å². The van der Waals surface area contributed by atoms with E-state index in [4.69, 9.17) is 4.74 Å². The van der Waals surface area contributed by atoms with Crippen molar-refractivity contribution in [3.8, 4) is 5.69 Å². The van der Waals surface area contributed by atoms with Gasteiger partial charge in [0.25, 0.3) is 5.56 Å². The molecule has 0 spiro atoms. The lowest BCUT2D eigenvalue weighted by molar-refractivity contribution is -0.119. The monoisotopic (exact) mass is 409 g/mol. The third kappa shape index (κ3) is 4.52. The highest BCUT2D eigenvalue weighted by molar-refractivity contribution is 7.99. The lowest BCUT2D eigenvalue weighted by Crippen LogP contribution is -2.33. The fourth-order valence-corrected chi connectivity index (χ4v) is 4.19. The first-order valence-corrected chi connectivity index (χ1v) is 10.7. The zero-order valence-electron chi connectivity index (χ0n) is 16.3. The number of aromatic nitrogens is 2. The number of aryl methyl sites for hydroxylation is 1. The summed E-state index contributed by atoms with van der Waals surface area (Å²) in [6, 6.07) is 15.0. The van der Waals surface area contributed by atoms with E-state index in [0.29, 0.717) is 22.6 Å². The molecule has 2 aromatic carbocycles. The molecular weight excluding hydrogens is 386 g/mol. The number of hydrogen-bond acceptors (Lipinski definition) is 5. The summed E-state index contributed by atoms with van der Waals surface area (Å²) in [5.74, 6) is 0.0898. The maximum absolute atomic E-state index is 13.2. The Morgan fingerprint density at radius 1 is 1.24 bits per heavy atom. The van der Waals surface area contributed by atoms with Crippen molar-refractivity contribution in [2.75, 3.05) is 18.9 Å². The Morgan fingerprint density at radius 2 is 2.03 bits per heavy atom. The average molecular weight is 410 g/mol. The van der Waals surface area contributed by atoms with Gasteiger partial charge in [0, 0.05) is 13.2 Å². The molecule has 0 bridgehead atoms. The molecule has 1 aliphatic rings. The molecule has 4 rings (SSSR count). The van der Waals surface area contributed by atoms with E-state index in [9.17, 15) is 9.59 Å². The van der Waals surface area contributed by atoms with Crippen LogP contribution in [0.15, 0.2) is 58.5 Å². The molecule has 1 N–H and O–H groups in total. The molecule has 2 heterocycles. The van der Waals surface area contributed by atoms with Crippen molar-refractivity contribution in [1.82, 2.24) is 14.9 Å². The van der Waals surface area contributed by atoms with Crippen LogP contribution in [-0.2, 0) is 9.53 Å². The van der Waals surface area contributed by atoms with Crippen LogP contribution in [0.2, 0.25) is 0 Å². The van der Waals surface area contributed by atoms with E-state index in [1.807, 2.05) is 49.4 Å². The number of benzene rings is 2. The molecule has 0 saturated carbocycles. The topological polar surface area (TPSA) is 73.2 Å². The molecule has 6 nitrogen and oxygen atoms in total. The Labute approximate surface area is 173 Å². The van der Waals surface area contributed by atoms with Gasteiger partial charge in [-0.2, -0.15) is 0 Å². The Kier molecular flexibility index (Phi) is 5.97. The van der Waals surface area contributed by atoms with Crippen molar-refractivity contribution in [3.05, 3.63) is 64.4 Å². The molecule has 1 fully saturated rings. The van der Waals surface area contributed by atoms with Gasteiger partial charge >= 0.3 is 0 Å². The van der Waals surface area contributed by atoms with E-state index in [-0.39, 0.29) is 23.3 Å². The number of fused-ring (bicyclic) bond motifs is 1. The summed E-state index contributed by atoms with van der Waals surface area (Å²) < 4.78 is 7.12. The van der Waals surface area contributed by atoms with Crippen molar-refractivity contribution in [2.24, 2.45) is 0 Å². The summed E-state index contributed by atoms with van der Waals surface area (Å²) in [4.78, 5) is 30.1. The molecule has 29 heavy (non-hydrogen) atoms. The lowest BCUT2D eigenvalue weighted by atomic mass is 10.2. The molecular formula is C22H23N3O3S. The summed E-state index contributed by atoms with van der Waals surface area (Å²) in [5, 5.41) is 3.97. The number of para-hydroxylation sites is 1. The minimum absolute atomic E-state index is 0.0941. The first-order valence-electron chi connectivity index (χ1n) is 9.72. The number of nitrogens with zero attached hydrogens (tertiary/aromatic N) is 2. The fourth-order valence-electron chi connectivity index (χ4n) is 3.34. The number of ether oxygens (including phenoxy) is 1. The number of hydrogen-bond donors (Lipinski definition) is 1. The van der Waals surface area contributed by atoms with Gasteiger partial charge < -0.3 is 10.1 Å². The van der Waals surface area contributed by atoms with Crippen LogP contribution in [0.25, 0.3) is 16.6 Å². The number of carbonyl (C=O) groups excluding carboxylic acids is 1. The van der Waals surface area contributed by atoms with Gasteiger partial charge in [-0.1, -0.05) is 41.6 Å². The molecule has 1 aliphatic heterocycles. The van der Waals surface area contributed by atoms with Crippen LogP contribution in [-0.4, -0.2) is 40.5 Å². The van der Waals surface area contributed by atoms with E-state index in [0.717, 1.165) is 30.7 Å². The number of amides is 1. The van der Waals surface area contributed by atoms with Crippen LogP contribution >= 0.6 is 11.8 Å². The molecule has 0 unspecified atom stereocenters. The molecule has 1 aromatic heterocycles. The summed E-state index contributed by atoms with van der Waals surface area (Å²) in [6.45, 7) is 3.29. The Morgan fingerprint density at radius 3 is 2.79 bits per heavy atom. The van der Waals surface area contributed by atoms with Gasteiger partial charge in [-0.05, 0) is 44.0 Å². The van der Waals surface area contributed by atoms with Crippen molar-refractivity contribution < 1.29 is 9.53 Å². The van der Waals surface area contributed by atoms with Gasteiger partial charge in [0.15, 0.2) is 5.16 Å². The van der Waals surface area contributed by atoms with Gasteiger partial charge in [0.05, 0.1) is 28.4 Å². The summed E-state index contributed by atoms with van der Waals surface area (Å²) in [6.07, 6.45) is 2.12. The highest BCUT2D eigenvalue weighted by atomic mass is 32.2. The van der Waals surface area contributed by atoms with E-state index in [2.05, 4.69) is 10.3 Å². The molecule has 1 amide bonds. The Balaban J connectivity index is 1.60. The number of carbonyl (C=O) groups is 1. The number of thioether (sulfide) groups is 1. The number of rotatable bonds is 6. The summed E-state index contributed by atoms with van der Waals surface area (Å²) in [7, 11) is 0. The minimum Gasteiger partial charge on any atom is -0.376 e. The molecule has 0 aliphatic carbocycles. The summed E-state index contributed by atoms with van der Waals surface area (Å²) in [5.41, 5.74) is 2.34. The smallest absolute Gasteiger partial charge is 0.266 e. The van der Waals surface area contributed by atoms with Gasteiger partial charge in [-0.15, -0.1) is 0 Å². The second-order valence-corrected chi connectivity index (χ2v) is 8.06. The zero-order chi connectivity index (χ0) is 20.2. The normalized spacial score (nSPS) is 16.2. The van der Waals surface area contributed by atoms with E-state index in [1.54, 1.807) is 10.6 Å². The predicted molar refractivity (Wildman–Crippen MR) is 115 cm³/mol. The van der Waals surface area contributed by atoms with Gasteiger partial charge in [-0.3, -0.25) is 14.2 Å². The first kappa shape index (κ1) is 19.7. The quantitative estimate of drug-likeness (QED) is 0.500. The van der Waals surface area contributed by atoms with Gasteiger partial charge in [0.2, 0.25) is 5.91 Å². The molecule has 7 heteroatoms. The Hall–Kier alpha value is -2.64. The van der Waals surface area contributed by atoms with Crippen molar-refractivity contribution >= 4 is 28.6 Å². The van der Waals surface area contributed by atoms with Gasteiger partial charge in [0.1, 0.15) is 0 Å². The zero-order valence-corrected chi connectivity index (χ0v) is 17.1. The standard InChI is InChI=1S/C22H23N3O3S/c1-15-8-10-16(11-9-15)25-21(27)18-6-2-3-7-19(18)24-22(25)29-14-20(26)23-13-17-5-4-12-28-17/h2-3,6-11,17H,4-5,12-14H2,1H3,(H,23,26)/t17-/m1/s1. The van der Waals surface area contributed by atoms with Crippen molar-refractivity contribution in [1.29, 1.82) is 0 Å². The predicted octanol–water partition coefficient (Wildman–Crippen LogP) is 3.08. The first-order chi connectivity index (χ1) is 14.1. The summed E-state index contributed by atoms with van der Waals surface area (Å²) >= 11 is 1.26. The van der Waals surface area contributed by atoms with Crippen LogP contribution in [0, 0.1) is 6.92 Å². The SMILES string of the molecule is Cc1ccc(-n2c(SCC(=O)NC[C@H]3CCCO3)nc3ccccc3c2=O)cc1. The third-order valence-corrected chi connectivity index (χ3v) is 5.86. The maximum Gasteiger partial charge on any atom is 0.266 e. The van der Waals surface area contributed by atoms with E-state index in [1.165, 1.54) is 11.8 Å². The molecule has 1 saturated heterocycles. The van der Waals surface area contributed by atoms with Gasteiger partial charge in [-0.25, -0.2) is 4.98 Å². The van der Waals surface area contributed by atoms with Crippen molar-refractivity contribution in [3.63, 3.8) is 0 Å². The highest BCUT2D eigenvalue weighted by Gasteiger charge is 2.18. The largest absolute Gasteiger partial charge is 0.376 e. The van der Waals surface area contributed by atoms with Crippen LogP contribution in [0.3, 0.4) is 0 Å². The maximum atomic E-state index is 13.2.